The molecule has 0 unspecified atom stereocenters. The van der Waals surface area contributed by atoms with E-state index in [2.05, 4.69) is 0 Å². The smallest absolute Gasteiger partial charge is 0.203 e. The van der Waals surface area contributed by atoms with Gasteiger partial charge in [-0.3, -0.25) is 0 Å². The molecule has 0 radical (unpaired) electrons. The average Bonchev–Trinajstić information content (AvgIpc) is 2.44. The van der Waals surface area contributed by atoms with Gasteiger partial charge < -0.3 is 14.2 Å². The molecule has 0 saturated carbocycles. The fourth-order valence-electron chi connectivity index (χ4n) is 1.97. The second-order valence-corrected chi connectivity index (χ2v) is 4.07. The van der Waals surface area contributed by atoms with Crippen molar-refractivity contribution < 1.29 is 23.0 Å². The van der Waals surface area contributed by atoms with E-state index >= 15 is 0 Å². The number of rotatable bonds is 4. The van der Waals surface area contributed by atoms with Crippen LogP contribution in [0.4, 0.5) is 8.78 Å². The molecule has 0 atom stereocenters. The lowest BCUT2D eigenvalue weighted by molar-refractivity contribution is 0.324. The molecule has 0 spiro atoms. The molecule has 0 aliphatic heterocycles. The number of ether oxygens (including phenoxy) is 3. The Morgan fingerprint density at radius 3 is 1.50 bits per heavy atom. The van der Waals surface area contributed by atoms with Gasteiger partial charge in [-0.2, -0.15) is 0 Å². The Morgan fingerprint density at radius 2 is 1.10 bits per heavy atom. The molecule has 106 valence electrons. The molecule has 2 aromatic carbocycles. The maximum atomic E-state index is 13.3. The van der Waals surface area contributed by atoms with Gasteiger partial charge in [0.15, 0.2) is 11.5 Å². The van der Waals surface area contributed by atoms with Crippen molar-refractivity contribution in [1.82, 2.24) is 0 Å². The minimum absolute atomic E-state index is 0.391. The maximum Gasteiger partial charge on any atom is 0.203 e. The number of hydrogen-bond donors (Lipinski definition) is 0. The Labute approximate surface area is 115 Å². The summed E-state index contributed by atoms with van der Waals surface area (Å²) in [4.78, 5) is 0. The molecule has 5 heteroatoms. The van der Waals surface area contributed by atoms with Crippen LogP contribution in [0.3, 0.4) is 0 Å². The van der Waals surface area contributed by atoms with Gasteiger partial charge in [0.2, 0.25) is 5.75 Å². The predicted molar refractivity (Wildman–Crippen MR) is 71.5 cm³/mol. The van der Waals surface area contributed by atoms with Crippen LogP contribution in [0.15, 0.2) is 30.3 Å². The van der Waals surface area contributed by atoms with Crippen molar-refractivity contribution in [2.45, 2.75) is 0 Å². The van der Waals surface area contributed by atoms with Gasteiger partial charge in [0.1, 0.15) is 11.6 Å². The lowest BCUT2D eigenvalue weighted by Crippen LogP contribution is -1.96. The Balaban J connectivity index is 2.62. The first-order valence-electron chi connectivity index (χ1n) is 5.85. The third-order valence-electron chi connectivity index (χ3n) is 2.86. The molecule has 2 rings (SSSR count). The van der Waals surface area contributed by atoms with Gasteiger partial charge in [-0.15, -0.1) is 0 Å². The quantitative estimate of drug-likeness (QED) is 0.855. The van der Waals surface area contributed by atoms with Crippen molar-refractivity contribution >= 4 is 0 Å². The van der Waals surface area contributed by atoms with Crippen molar-refractivity contribution in [3.05, 3.63) is 42.0 Å². The van der Waals surface area contributed by atoms with E-state index in [1.54, 1.807) is 12.1 Å². The van der Waals surface area contributed by atoms with E-state index in [4.69, 9.17) is 14.2 Å². The summed E-state index contributed by atoms with van der Waals surface area (Å²) in [5.74, 6) is -0.0174. The molecule has 0 aliphatic carbocycles. The molecule has 0 bridgehead atoms. The van der Waals surface area contributed by atoms with Crippen LogP contribution in [0.5, 0.6) is 17.2 Å². The fraction of sp³-hybridized carbons (Fsp3) is 0.200. The van der Waals surface area contributed by atoms with Crippen LogP contribution < -0.4 is 14.2 Å². The zero-order chi connectivity index (χ0) is 14.7. The van der Waals surface area contributed by atoms with Crippen LogP contribution in [0.2, 0.25) is 0 Å². The fourth-order valence-corrected chi connectivity index (χ4v) is 1.97. The van der Waals surface area contributed by atoms with Gasteiger partial charge >= 0.3 is 0 Å². The van der Waals surface area contributed by atoms with Gasteiger partial charge in [-0.1, -0.05) is 0 Å². The summed E-state index contributed by atoms with van der Waals surface area (Å²) in [6.45, 7) is 0. The number of hydrogen-bond acceptors (Lipinski definition) is 3. The van der Waals surface area contributed by atoms with Gasteiger partial charge in [0.25, 0.3) is 0 Å². The lowest BCUT2D eigenvalue weighted by atomic mass is 10.0. The molecule has 0 N–H and O–H groups in total. The van der Waals surface area contributed by atoms with Gasteiger partial charge in [0.05, 0.1) is 21.3 Å². The lowest BCUT2D eigenvalue weighted by Gasteiger charge is -2.14. The average molecular weight is 280 g/mol. The van der Waals surface area contributed by atoms with Crippen molar-refractivity contribution in [1.29, 1.82) is 0 Å². The van der Waals surface area contributed by atoms with Crippen LogP contribution in [0.25, 0.3) is 11.1 Å². The zero-order valence-electron chi connectivity index (χ0n) is 11.4. The third-order valence-corrected chi connectivity index (χ3v) is 2.86. The highest BCUT2D eigenvalue weighted by Crippen LogP contribution is 2.41. The van der Waals surface area contributed by atoms with Crippen LogP contribution >= 0.6 is 0 Å². The topological polar surface area (TPSA) is 27.7 Å². The van der Waals surface area contributed by atoms with Crippen molar-refractivity contribution in [2.24, 2.45) is 0 Å². The van der Waals surface area contributed by atoms with Crippen LogP contribution in [0, 0.1) is 11.6 Å². The van der Waals surface area contributed by atoms with Crippen LogP contribution in [0.1, 0.15) is 0 Å². The number of halogens is 2. The van der Waals surface area contributed by atoms with E-state index in [1.807, 2.05) is 0 Å². The van der Waals surface area contributed by atoms with E-state index in [0.29, 0.717) is 28.4 Å². The molecule has 0 aliphatic rings. The standard InChI is InChI=1S/C15H14F2O3/c1-18-13-6-10(7-14(19-2)15(13)20-3)9-4-11(16)8-12(17)5-9/h4-8H,1-3H3. The first kappa shape index (κ1) is 14.1. The third kappa shape index (κ3) is 2.66. The molecular weight excluding hydrogens is 266 g/mol. The van der Waals surface area contributed by atoms with Crippen LogP contribution in [-0.4, -0.2) is 21.3 Å². The minimum atomic E-state index is -0.645. The van der Waals surface area contributed by atoms with E-state index in [1.165, 1.54) is 33.5 Å². The predicted octanol–water partition coefficient (Wildman–Crippen LogP) is 3.66. The molecule has 20 heavy (non-hydrogen) atoms. The second kappa shape index (κ2) is 5.77. The highest BCUT2D eigenvalue weighted by atomic mass is 19.1. The Bertz CT molecular complexity index is 581. The molecule has 0 amide bonds. The number of methoxy groups -OCH3 is 3. The molecule has 0 fully saturated rings. The van der Waals surface area contributed by atoms with E-state index < -0.39 is 11.6 Å². The Morgan fingerprint density at radius 1 is 0.650 bits per heavy atom. The molecule has 0 heterocycles. The molecule has 0 aromatic heterocycles. The normalized spacial score (nSPS) is 10.2. The van der Waals surface area contributed by atoms with E-state index in [-0.39, 0.29) is 0 Å². The first-order chi connectivity index (χ1) is 9.58. The molecule has 0 saturated heterocycles. The SMILES string of the molecule is COc1cc(-c2cc(F)cc(F)c2)cc(OC)c1OC. The van der Waals surface area contributed by atoms with Crippen molar-refractivity contribution in [3.63, 3.8) is 0 Å². The largest absolute Gasteiger partial charge is 0.493 e. The Hall–Kier alpha value is -2.30. The molecular formula is C15H14F2O3. The van der Waals surface area contributed by atoms with Crippen molar-refractivity contribution in [3.8, 4) is 28.4 Å². The molecule has 2 aromatic rings. The summed E-state index contributed by atoms with van der Waals surface area (Å²) >= 11 is 0. The highest BCUT2D eigenvalue weighted by molar-refractivity contribution is 5.71. The Kier molecular flexibility index (Phi) is 4.08. The summed E-state index contributed by atoms with van der Waals surface area (Å²) < 4.78 is 42.2. The van der Waals surface area contributed by atoms with E-state index in [9.17, 15) is 8.78 Å². The summed E-state index contributed by atoms with van der Waals surface area (Å²) in [7, 11) is 4.45. The monoisotopic (exact) mass is 280 g/mol. The summed E-state index contributed by atoms with van der Waals surface area (Å²) in [6.07, 6.45) is 0. The minimum Gasteiger partial charge on any atom is -0.493 e. The van der Waals surface area contributed by atoms with Crippen LogP contribution in [-0.2, 0) is 0 Å². The summed E-state index contributed by atoms with van der Waals surface area (Å²) in [5.41, 5.74) is 0.958. The summed E-state index contributed by atoms with van der Waals surface area (Å²) in [6, 6.07) is 6.57. The van der Waals surface area contributed by atoms with Gasteiger partial charge in [-0.25, -0.2) is 8.78 Å². The first-order valence-corrected chi connectivity index (χ1v) is 5.85. The van der Waals surface area contributed by atoms with Crippen molar-refractivity contribution in [2.75, 3.05) is 21.3 Å². The highest BCUT2D eigenvalue weighted by Gasteiger charge is 2.14. The second-order valence-electron chi connectivity index (χ2n) is 4.07. The molecule has 3 nitrogen and oxygen atoms in total. The zero-order valence-corrected chi connectivity index (χ0v) is 11.4. The van der Waals surface area contributed by atoms with Gasteiger partial charge in [-0.05, 0) is 35.4 Å². The summed E-state index contributed by atoms with van der Waals surface area (Å²) in [5, 5.41) is 0. The van der Waals surface area contributed by atoms with Gasteiger partial charge in [0, 0.05) is 6.07 Å². The maximum absolute atomic E-state index is 13.3. The van der Waals surface area contributed by atoms with E-state index in [0.717, 1.165) is 6.07 Å². The number of benzene rings is 2.